The third-order valence-corrected chi connectivity index (χ3v) is 19.8. The molecule has 0 bridgehead atoms. The highest BCUT2D eigenvalue weighted by Gasteiger charge is 2.44. The second-order valence-corrected chi connectivity index (χ2v) is 25.8. The van der Waals surface area contributed by atoms with Gasteiger partial charge in [0.2, 0.25) is 0 Å². The number of hydrogen-bond acceptors (Lipinski definition) is 8. The van der Waals surface area contributed by atoms with Crippen LogP contribution in [0.1, 0.15) is 247 Å². The standard InChI is InChI=1S/C65H103NO8/c1-8-51(55-32-20-16-28-46(55)38-50(67)42-65(36-24-13-25-37-65)44-66-63(72)74-64(5,6)7)59(68)39-47-29-17-21-33-56(47)52(9-2)60(69)40-48-30-18-22-34-57(48)53(10-3)61(70)41-49-31-19-23-35-58(49)54(11-4)62(71)73-43-45-26-14-12-15-27-45/h12,14-15,26-27,46-49,51-58H,8-11,13,16-25,28-44H2,1-7H3,(H,66,72)/t46-,47-,48-,49-,51+,52+,53+,54+,55-,56-,57-,58-/m1/s1. The molecule has 5 aliphatic carbocycles. The average Bonchev–Trinajstić information content (AvgIpc) is 3.38. The summed E-state index contributed by atoms with van der Waals surface area (Å²) in [7, 11) is 0. The summed E-state index contributed by atoms with van der Waals surface area (Å²) < 4.78 is 11.5. The van der Waals surface area contributed by atoms with E-state index >= 15 is 0 Å². The Morgan fingerprint density at radius 1 is 0.527 bits per heavy atom. The van der Waals surface area contributed by atoms with Gasteiger partial charge >= 0.3 is 12.1 Å². The number of alkyl carbamates (subject to hydrolysis) is 1. The van der Waals surface area contributed by atoms with Gasteiger partial charge in [-0.25, -0.2) is 4.79 Å². The van der Waals surface area contributed by atoms with Gasteiger partial charge in [-0.05, 0) is 169 Å². The number of hydrogen-bond donors (Lipinski definition) is 1. The first-order chi connectivity index (χ1) is 35.6. The van der Waals surface area contributed by atoms with Crippen molar-refractivity contribution >= 4 is 35.2 Å². The van der Waals surface area contributed by atoms with Crippen LogP contribution in [0, 0.1) is 76.4 Å². The molecule has 9 heteroatoms. The zero-order valence-electron chi connectivity index (χ0n) is 47.7. The predicted molar refractivity (Wildman–Crippen MR) is 296 cm³/mol. The van der Waals surface area contributed by atoms with Crippen molar-refractivity contribution < 1.29 is 38.2 Å². The summed E-state index contributed by atoms with van der Waals surface area (Å²) in [6.45, 7) is 14.9. The van der Waals surface area contributed by atoms with Crippen LogP contribution in [0.15, 0.2) is 30.3 Å². The largest absolute Gasteiger partial charge is 0.461 e. The van der Waals surface area contributed by atoms with E-state index in [9.17, 15) is 28.8 Å². The van der Waals surface area contributed by atoms with Gasteiger partial charge in [-0.2, -0.15) is 0 Å². The number of Topliss-reactive ketones (excluding diaryl/α,β-unsaturated/α-hetero) is 4. The number of nitrogens with one attached hydrogen (secondary N) is 1. The molecular formula is C65H103NO8. The van der Waals surface area contributed by atoms with Gasteiger partial charge in [0, 0.05) is 56.4 Å². The molecule has 74 heavy (non-hydrogen) atoms. The maximum Gasteiger partial charge on any atom is 0.407 e. The van der Waals surface area contributed by atoms with E-state index in [4.69, 9.17) is 9.47 Å². The molecule has 0 unspecified atom stereocenters. The highest BCUT2D eigenvalue weighted by molar-refractivity contribution is 5.84. The minimum absolute atomic E-state index is 0.0688. The normalized spacial score (nSPS) is 28.1. The van der Waals surface area contributed by atoms with E-state index in [2.05, 4.69) is 33.0 Å². The van der Waals surface area contributed by atoms with E-state index in [1.165, 1.54) is 0 Å². The molecule has 416 valence electrons. The van der Waals surface area contributed by atoms with Crippen LogP contribution in [0.3, 0.4) is 0 Å². The molecule has 9 nitrogen and oxygen atoms in total. The molecule has 5 aliphatic rings. The smallest absolute Gasteiger partial charge is 0.407 e. The molecule has 1 aromatic rings. The number of ether oxygens (including phenoxy) is 2. The van der Waals surface area contributed by atoms with Gasteiger partial charge in [0.1, 0.15) is 35.3 Å². The Bertz CT molecular complexity index is 1930. The predicted octanol–water partition coefficient (Wildman–Crippen LogP) is 15.8. The summed E-state index contributed by atoms with van der Waals surface area (Å²) in [5.74, 6) is 2.32. The molecule has 12 atom stereocenters. The van der Waals surface area contributed by atoms with Crippen LogP contribution in [-0.4, -0.2) is 47.3 Å². The molecule has 0 aromatic heterocycles. The number of esters is 1. The molecule has 5 fully saturated rings. The van der Waals surface area contributed by atoms with Crippen LogP contribution in [0.2, 0.25) is 0 Å². The molecule has 1 aromatic carbocycles. The van der Waals surface area contributed by atoms with E-state index in [0.29, 0.717) is 62.4 Å². The van der Waals surface area contributed by atoms with E-state index in [-0.39, 0.29) is 94.8 Å². The van der Waals surface area contributed by atoms with Gasteiger partial charge in [0.25, 0.3) is 0 Å². The van der Waals surface area contributed by atoms with Gasteiger partial charge in [0.05, 0.1) is 5.92 Å². The molecule has 0 heterocycles. The highest BCUT2D eigenvalue weighted by atomic mass is 16.6. The Morgan fingerprint density at radius 3 is 1.32 bits per heavy atom. The SMILES string of the molecule is CC[C@H](C(=O)C[C@H]1CCCC[C@H]1[C@H](CC)C(=O)C[C@H]1CCCC[C@H]1[C@H](CC)C(=O)C[C@H]1CCCC[C@H]1[C@H](CC)C(=O)OCc1ccccc1)[C@@H]1CCCC[C@@H]1CC(=O)CC1(CNC(=O)OC(C)(C)C)CCCCC1. The summed E-state index contributed by atoms with van der Waals surface area (Å²) in [6.07, 6.45) is 27.0. The monoisotopic (exact) mass is 1030 g/mol. The van der Waals surface area contributed by atoms with Crippen LogP contribution in [-0.2, 0) is 40.1 Å². The third-order valence-electron chi connectivity index (χ3n) is 19.8. The van der Waals surface area contributed by atoms with E-state index in [0.717, 1.165) is 160 Å². The Morgan fingerprint density at radius 2 is 0.919 bits per heavy atom. The number of carbonyl (C=O) groups is 6. The number of benzene rings is 1. The summed E-state index contributed by atoms with van der Waals surface area (Å²) in [5, 5.41) is 3.03. The lowest BCUT2D eigenvalue weighted by molar-refractivity contribution is -0.154. The van der Waals surface area contributed by atoms with Crippen molar-refractivity contribution in [2.75, 3.05) is 6.54 Å². The Kier molecular flexibility index (Phi) is 23.8. The van der Waals surface area contributed by atoms with Crippen molar-refractivity contribution in [3.05, 3.63) is 35.9 Å². The maximum atomic E-state index is 14.9. The van der Waals surface area contributed by atoms with Crippen LogP contribution in [0.4, 0.5) is 4.79 Å². The molecule has 0 aliphatic heterocycles. The zero-order chi connectivity index (χ0) is 53.3. The van der Waals surface area contributed by atoms with Crippen LogP contribution in [0.5, 0.6) is 0 Å². The Labute approximate surface area is 449 Å². The quantitative estimate of drug-likeness (QED) is 0.0907. The summed E-state index contributed by atoms with van der Waals surface area (Å²) in [6, 6.07) is 9.87. The van der Waals surface area contributed by atoms with Crippen molar-refractivity contribution in [3.8, 4) is 0 Å². The fourth-order valence-electron chi connectivity index (χ4n) is 16.2. The Hall–Kier alpha value is -3.36. The molecule has 0 saturated heterocycles. The van der Waals surface area contributed by atoms with Crippen LogP contribution in [0.25, 0.3) is 0 Å². The maximum absolute atomic E-state index is 14.9. The van der Waals surface area contributed by atoms with Gasteiger partial charge in [0.15, 0.2) is 0 Å². The Balaban J connectivity index is 1.07. The van der Waals surface area contributed by atoms with Crippen molar-refractivity contribution in [2.24, 2.45) is 76.4 Å². The van der Waals surface area contributed by atoms with Crippen LogP contribution >= 0.6 is 0 Å². The number of carbonyl (C=O) groups excluding carboxylic acids is 6. The molecule has 5 saturated carbocycles. The fourth-order valence-corrected chi connectivity index (χ4v) is 16.2. The second-order valence-electron chi connectivity index (χ2n) is 25.8. The van der Waals surface area contributed by atoms with Crippen molar-refractivity contribution in [2.45, 2.75) is 253 Å². The van der Waals surface area contributed by atoms with E-state index in [1.54, 1.807) is 0 Å². The van der Waals surface area contributed by atoms with Crippen molar-refractivity contribution in [1.29, 1.82) is 0 Å². The number of ketones is 4. The summed E-state index contributed by atoms with van der Waals surface area (Å²) in [5.41, 5.74) is 0.162. The molecule has 0 spiro atoms. The first kappa shape index (κ1) is 59.9. The minimum atomic E-state index is -0.581. The van der Waals surface area contributed by atoms with Crippen molar-refractivity contribution in [3.63, 3.8) is 0 Å². The van der Waals surface area contributed by atoms with Crippen molar-refractivity contribution in [1.82, 2.24) is 5.32 Å². The number of rotatable bonds is 26. The van der Waals surface area contributed by atoms with Gasteiger partial charge < -0.3 is 14.8 Å². The van der Waals surface area contributed by atoms with Gasteiger partial charge in [-0.1, -0.05) is 129 Å². The molecule has 1 N–H and O–H groups in total. The lowest BCUT2D eigenvalue weighted by Gasteiger charge is -2.41. The molecular weight excluding hydrogens is 923 g/mol. The third kappa shape index (κ3) is 17.1. The molecule has 1 amide bonds. The lowest BCUT2D eigenvalue weighted by Crippen LogP contribution is -2.43. The van der Waals surface area contributed by atoms with E-state index < -0.39 is 11.7 Å². The first-order valence-corrected chi connectivity index (χ1v) is 30.9. The fraction of sp³-hybridized carbons (Fsp3) is 0.815. The average molecular weight is 1030 g/mol. The molecule has 6 rings (SSSR count). The highest BCUT2D eigenvalue weighted by Crippen LogP contribution is 2.48. The topological polar surface area (TPSA) is 133 Å². The first-order valence-electron chi connectivity index (χ1n) is 30.9. The van der Waals surface area contributed by atoms with E-state index in [1.807, 2.05) is 51.1 Å². The molecule has 0 radical (unpaired) electrons. The minimum Gasteiger partial charge on any atom is -0.461 e. The van der Waals surface area contributed by atoms with Crippen LogP contribution < -0.4 is 5.32 Å². The van der Waals surface area contributed by atoms with Gasteiger partial charge in [-0.3, -0.25) is 24.0 Å². The summed E-state index contributed by atoms with van der Waals surface area (Å²) in [4.78, 5) is 84.8. The summed E-state index contributed by atoms with van der Waals surface area (Å²) >= 11 is 0. The lowest BCUT2D eigenvalue weighted by atomic mass is 9.63. The van der Waals surface area contributed by atoms with Gasteiger partial charge in [-0.15, -0.1) is 0 Å². The zero-order valence-corrected chi connectivity index (χ0v) is 47.7. The number of amides is 1. The second kappa shape index (κ2) is 29.4.